The second-order valence-corrected chi connectivity index (χ2v) is 8.76. The molecule has 0 spiro atoms. The van der Waals surface area contributed by atoms with Gasteiger partial charge in [0.2, 0.25) is 17.8 Å². The second-order valence-electron chi connectivity index (χ2n) is 8.76. The number of ether oxygens (including phenoxy) is 1. The minimum Gasteiger partial charge on any atom is -0.391 e. The number of likely N-dealkylation sites (tertiary alicyclic amines) is 1. The number of anilines is 2. The first kappa shape index (κ1) is 24.6. The van der Waals surface area contributed by atoms with Crippen LogP contribution in [0.5, 0.6) is 5.88 Å². The average molecular weight is 494 g/mol. The maximum absolute atomic E-state index is 14.8. The molecule has 0 radical (unpaired) electrons. The van der Waals surface area contributed by atoms with Crippen LogP contribution in [0.4, 0.5) is 30.3 Å². The van der Waals surface area contributed by atoms with E-state index < -0.39 is 30.5 Å². The SMILES string of the molecule is CN1CCC(NC(=O)Oc2ccnc(N3CCC(F)(F)[C@@H](N(C)C(=O)Nc4ncc[nH]4)C3)n2)CC1. The van der Waals surface area contributed by atoms with Crippen molar-refractivity contribution in [2.75, 3.05) is 50.5 Å². The van der Waals surface area contributed by atoms with Crippen molar-refractivity contribution in [1.29, 1.82) is 0 Å². The number of carbonyl (C=O) groups excluding carboxylic acids is 2. The van der Waals surface area contributed by atoms with Gasteiger partial charge in [-0.15, -0.1) is 0 Å². The zero-order valence-electron chi connectivity index (χ0n) is 19.6. The van der Waals surface area contributed by atoms with E-state index in [1.165, 1.54) is 31.7 Å². The van der Waals surface area contributed by atoms with Crippen LogP contribution < -0.4 is 20.3 Å². The first-order valence-corrected chi connectivity index (χ1v) is 11.4. The highest BCUT2D eigenvalue weighted by Gasteiger charge is 2.48. The summed E-state index contributed by atoms with van der Waals surface area (Å²) in [7, 11) is 3.33. The molecule has 2 aromatic rings. The lowest BCUT2D eigenvalue weighted by molar-refractivity contribution is -0.0760. The summed E-state index contributed by atoms with van der Waals surface area (Å²) in [6, 6.07) is -0.716. The largest absolute Gasteiger partial charge is 0.414 e. The lowest BCUT2D eigenvalue weighted by Gasteiger charge is -2.42. The van der Waals surface area contributed by atoms with Crippen molar-refractivity contribution < 1.29 is 23.1 Å². The van der Waals surface area contributed by atoms with Crippen molar-refractivity contribution in [1.82, 2.24) is 35.1 Å². The predicted octanol–water partition coefficient (Wildman–Crippen LogP) is 1.76. The Bertz CT molecular complexity index is 1020. The zero-order valence-corrected chi connectivity index (χ0v) is 19.6. The number of aromatic nitrogens is 4. The van der Waals surface area contributed by atoms with E-state index >= 15 is 0 Å². The third-order valence-corrected chi connectivity index (χ3v) is 6.25. The maximum atomic E-state index is 14.8. The molecule has 2 saturated heterocycles. The van der Waals surface area contributed by atoms with E-state index in [9.17, 15) is 18.4 Å². The molecule has 190 valence electrons. The third kappa shape index (κ3) is 6.12. The van der Waals surface area contributed by atoms with Gasteiger partial charge in [-0.1, -0.05) is 0 Å². The van der Waals surface area contributed by atoms with Crippen LogP contribution in [0.2, 0.25) is 0 Å². The summed E-state index contributed by atoms with van der Waals surface area (Å²) in [4.78, 5) is 44.4. The molecule has 0 aliphatic carbocycles. The Morgan fingerprint density at radius 3 is 2.71 bits per heavy atom. The number of nitrogens with one attached hydrogen (secondary N) is 3. The number of nitrogens with zero attached hydrogens (tertiary/aromatic N) is 6. The molecule has 0 bridgehead atoms. The van der Waals surface area contributed by atoms with E-state index in [0.29, 0.717) is 0 Å². The van der Waals surface area contributed by atoms with Gasteiger partial charge in [0.05, 0.1) is 0 Å². The summed E-state index contributed by atoms with van der Waals surface area (Å²) >= 11 is 0. The molecule has 12 nitrogen and oxygen atoms in total. The van der Waals surface area contributed by atoms with E-state index in [1.807, 2.05) is 7.05 Å². The fourth-order valence-electron chi connectivity index (χ4n) is 4.12. The Labute approximate surface area is 201 Å². The van der Waals surface area contributed by atoms with E-state index in [4.69, 9.17) is 4.74 Å². The van der Waals surface area contributed by atoms with Crippen molar-refractivity contribution in [3.8, 4) is 5.88 Å². The molecule has 4 rings (SSSR count). The number of hydrogen-bond donors (Lipinski definition) is 3. The normalized spacial score (nSPS) is 20.8. The summed E-state index contributed by atoms with van der Waals surface area (Å²) < 4.78 is 34.8. The minimum atomic E-state index is -3.12. The van der Waals surface area contributed by atoms with Crippen molar-refractivity contribution in [3.63, 3.8) is 0 Å². The highest BCUT2D eigenvalue weighted by molar-refractivity contribution is 5.87. The van der Waals surface area contributed by atoms with Crippen LogP contribution in [0.25, 0.3) is 0 Å². The molecule has 14 heteroatoms. The molecule has 3 amide bonds. The van der Waals surface area contributed by atoms with Gasteiger partial charge in [0.1, 0.15) is 6.04 Å². The van der Waals surface area contributed by atoms with Gasteiger partial charge in [0.25, 0.3) is 5.92 Å². The Balaban J connectivity index is 1.39. The number of aromatic amines is 1. The highest BCUT2D eigenvalue weighted by Crippen LogP contribution is 2.33. The van der Waals surface area contributed by atoms with Gasteiger partial charge in [0, 0.05) is 57.3 Å². The molecule has 2 aliphatic heterocycles. The molecule has 2 aromatic heterocycles. The van der Waals surface area contributed by atoms with Crippen molar-refractivity contribution in [3.05, 3.63) is 24.7 Å². The first-order chi connectivity index (χ1) is 16.7. The molecule has 1 atom stereocenters. The number of imidazole rings is 1. The predicted molar refractivity (Wildman–Crippen MR) is 123 cm³/mol. The Morgan fingerprint density at radius 2 is 2.00 bits per heavy atom. The highest BCUT2D eigenvalue weighted by atomic mass is 19.3. The van der Waals surface area contributed by atoms with E-state index in [1.54, 1.807) is 4.90 Å². The van der Waals surface area contributed by atoms with Crippen LogP contribution in [-0.4, -0.2) is 100 Å². The summed E-state index contributed by atoms with van der Waals surface area (Å²) in [5.41, 5.74) is 0. The second kappa shape index (κ2) is 10.4. The van der Waals surface area contributed by atoms with Crippen molar-refractivity contribution in [2.24, 2.45) is 0 Å². The number of amides is 3. The van der Waals surface area contributed by atoms with E-state index in [0.717, 1.165) is 30.8 Å². The Hall–Kier alpha value is -3.55. The van der Waals surface area contributed by atoms with Crippen LogP contribution in [-0.2, 0) is 0 Å². The summed E-state index contributed by atoms with van der Waals surface area (Å²) in [5, 5.41) is 5.28. The number of carbonyl (C=O) groups is 2. The molecule has 4 heterocycles. The smallest absolute Gasteiger partial charge is 0.391 e. The van der Waals surface area contributed by atoms with Crippen LogP contribution in [0.1, 0.15) is 19.3 Å². The minimum absolute atomic E-state index is 0.0122. The summed E-state index contributed by atoms with van der Waals surface area (Å²) in [6.45, 7) is 1.54. The molecule has 2 aliphatic rings. The fraction of sp³-hybridized carbons (Fsp3) is 0.571. The van der Waals surface area contributed by atoms with Crippen molar-refractivity contribution >= 4 is 24.0 Å². The van der Waals surface area contributed by atoms with Gasteiger partial charge >= 0.3 is 12.1 Å². The fourth-order valence-corrected chi connectivity index (χ4v) is 4.12. The monoisotopic (exact) mass is 493 g/mol. The molecule has 0 unspecified atom stereocenters. The van der Waals surface area contributed by atoms with Gasteiger partial charge in [-0.3, -0.25) is 5.32 Å². The number of H-pyrrole nitrogens is 1. The van der Waals surface area contributed by atoms with Crippen LogP contribution >= 0.6 is 0 Å². The Kier molecular flexibility index (Phi) is 7.28. The summed E-state index contributed by atoms with van der Waals surface area (Å²) in [6.07, 6.45) is 4.87. The molecular weight excluding hydrogens is 464 g/mol. The number of halogens is 2. The molecule has 0 aromatic carbocycles. The summed E-state index contributed by atoms with van der Waals surface area (Å²) in [5.74, 6) is -2.81. The van der Waals surface area contributed by atoms with Gasteiger partial charge < -0.3 is 29.7 Å². The molecule has 3 N–H and O–H groups in total. The lowest BCUT2D eigenvalue weighted by Crippen LogP contribution is -2.60. The van der Waals surface area contributed by atoms with Gasteiger partial charge in [-0.2, -0.15) is 4.98 Å². The zero-order chi connectivity index (χ0) is 25.0. The van der Waals surface area contributed by atoms with Gasteiger partial charge in [0.15, 0.2) is 0 Å². The molecule has 35 heavy (non-hydrogen) atoms. The molecular formula is C21H29F2N9O3. The lowest BCUT2D eigenvalue weighted by atomic mass is 10.00. The number of piperidine rings is 2. The van der Waals surface area contributed by atoms with Crippen molar-refractivity contribution in [2.45, 2.75) is 37.3 Å². The van der Waals surface area contributed by atoms with Gasteiger partial charge in [-0.05, 0) is 33.0 Å². The van der Waals surface area contributed by atoms with Gasteiger partial charge in [-0.25, -0.2) is 28.3 Å². The van der Waals surface area contributed by atoms with Crippen LogP contribution in [0, 0.1) is 0 Å². The maximum Gasteiger partial charge on any atom is 0.414 e. The quantitative estimate of drug-likeness (QED) is 0.574. The number of alkyl halides is 2. The van der Waals surface area contributed by atoms with E-state index in [2.05, 4.69) is 35.5 Å². The van der Waals surface area contributed by atoms with Crippen LogP contribution in [0.3, 0.4) is 0 Å². The molecule has 0 saturated carbocycles. The number of likely N-dealkylation sites (N-methyl/N-ethyl adjacent to an activating group) is 1. The topological polar surface area (TPSA) is 132 Å². The first-order valence-electron chi connectivity index (χ1n) is 11.4. The Morgan fingerprint density at radius 1 is 1.23 bits per heavy atom. The van der Waals surface area contributed by atoms with Crippen LogP contribution in [0.15, 0.2) is 24.7 Å². The third-order valence-electron chi connectivity index (χ3n) is 6.25. The van der Waals surface area contributed by atoms with E-state index in [-0.39, 0.29) is 36.9 Å². The average Bonchev–Trinajstić information content (AvgIpc) is 3.33. The number of rotatable bonds is 5. The standard InChI is InChI=1S/C21H29F2N9O3/c1-30-10-4-14(5-11-30)27-20(34)35-16-3-7-26-18(28-16)32-12-6-21(22,23)15(13-32)31(2)19(33)29-17-24-8-9-25-17/h3,7-9,14-15H,4-6,10-13H2,1-2H3,(H,27,34)(H2,24,25,29,33)/t15-/m0/s1. The molecule has 2 fully saturated rings. The number of hydrogen-bond acceptors (Lipinski definition) is 8. The number of urea groups is 1.